The summed E-state index contributed by atoms with van der Waals surface area (Å²) in [5, 5.41) is 8.63. The topological polar surface area (TPSA) is 85.8 Å². The molecule has 1 aliphatic carbocycles. The number of nitrogens with one attached hydrogen (secondary N) is 3. The molecule has 2 heterocycles. The van der Waals surface area contributed by atoms with E-state index in [0.717, 1.165) is 44.9 Å². The fraction of sp³-hybridized carbons (Fsp3) is 0.722. The van der Waals surface area contributed by atoms with E-state index in [1.807, 2.05) is 14.0 Å². The Hall–Kier alpha value is -1.32. The first-order valence-corrected chi connectivity index (χ1v) is 9.30. The molecular formula is C18H30IN5O2. The van der Waals surface area contributed by atoms with Crippen LogP contribution in [0.25, 0.3) is 0 Å². The maximum Gasteiger partial charge on any atom is 0.322 e. The van der Waals surface area contributed by atoms with Crippen LogP contribution >= 0.6 is 24.0 Å². The lowest BCUT2D eigenvalue weighted by Crippen LogP contribution is -2.55. The summed E-state index contributed by atoms with van der Waals surface area (Å²) >= 11 is 0. The van der Waals surface area contributed by atoms with Gasteiger partial charge in [-0.05, 0) is 51.4 Å². The van der Waals surface area contributed by atoms with Crippen molar-refractivity contribution in [3.8, 4) is 0 Å². The molecule has 7 nitrogen and oxygen atoms in total. The fourth-order valence-electron chi connectivity index (χ4n) is 4.14. The molecular weight excluding hydrogens is 445 g/mol. The van der Waals surface area contributed by atoms with Crippen LogP contribution in [0.15, 0.2) is 16.6 Å². The van der Waals surface area contributed by atoms with Crippen molar-refractivity contribution in [1.29, 1.82) is 0 Å². The van der Waals surface area contributed by atoms with E-state index in [2.05, 4.69) is 31.9 Å². The number of nitrogens with zero attached hydrogens (tertiary/aromatic N) is 2. The molecule has 0 saturated carbocycles. The van der Waals surface area contributed by atoms with Crippen LogP contribution in [0.5, 0.6) is 0 Å². The van der Waals surface area contributed by atoms with Crippen LogP contribution in [0.3, 0.4) is 0 Å². The number of guanidine groups is 1. The molecule has 0 spiro atoms. The van der Waals surface area contributed by atoms with E-state index in [1.165, 1.54) is 19.3 Å². The van der Waals surface area contributed by atoms with Gasteiger partial charge in [-0.3, -0.25) is 15.1 Å². The first kappa shape index (κ1) is 21.0. The van der Waals surface area contributed by atoms with Gasteiger partial charge in [0, 0.05) is 26.7 Å². The zero-order valence-corrected chi connectivity index (χ0v) is 18.0. The first-order chi connectivity index (χ1) is 12.0. The smallest absolute Gasteiger partial charge is 0.322 e. The molecule has 2 aliphatic heterocycles. The van der Waals surface area contributed by atoms with Crippen LogP contribution in [0.4, 0.5) is 4.79 Å². The summed E-state index contributed by atoms with van der Waals surface area (Å²) in [6, 6.07) is -0.381. The third kappa shape index (κ3) is 4.50. The summed E-state index contributed by atoms with van der Waals surface area (Å²) in [6.07, 6.45) is 8.91. The molecule has 8 heteroatoms. The number of carbonyl (C=O) groups excluding carboxylic acids is 2. The van der Waals surface area contributed by atoms with Crippen molar-refractivity contribution in [1.82, 2.24) is 20.9 Å². The number of allylic oxidation sites excluding steroid dienone is 1. The second-order valence-corrected chi connectivity index (χ2v) is 7.35. The minimum atomic E-state index is -0.783. The van der Waals surface area contributed by atoms with Gasteiger partial charge in [0.25, 0.3) is 5.91 Å². The Labute approximate surface area is 172 Å². The standard InChI is InChI=1S/C18H29N5O2.HI/c1-18(15(24)21-17(25)22-18)14-8-11-23(12-9-14)16(19-2)20-10-7-13-5-3-4-6-13;/h5,14H,3-4,6-12H2,1-2H3,(H,19,20)(H2,21,22,24,25);1H. The monoisotopic (exact) mass is 475 g/mol. The summed E-state index contributed by atoms with van der Waals surface area (Å²) in [4.78, 5) is 30.2. The molecule has 146 valence electrons. The summed E-state index contributed by atoms with van der Waals surface area (Å²) in [7, 11) is 1.81. The highest BCUT2D eigenvalue weighted by atomic mass is 127. The normalized spacial score (nSPS) is 26.9. The Morgan fingerprint density at radius 1 is 1.38 bits per heavy atom. The molecule has 1 unspecified atom stereocenters. The first-order valence-electron chi connectivity index (χ1n) is 9.30. The average molecular weight is 475 g/mol. The van der Waals surface area contributed by atoms with Crippen LogP contribution in [0.1, 0.15) is 45.4 Å². The summed E-state index contributed by atoms with van der Waals surface area (Å²) < 4.78 is 0. The third-order valence-electron chi connectivity index (χ3n) is 5.76. The Kier molecular flexibility index (Phi) is 7.31. The number of rotatable bonds is 4. The molecule has 3 rings (SSSR count). The Morgan fingerprint density at radius 3 is 2.65 bits per heavy atom. The van der Waals surface area contributed by atoms with Crippen LogP contribution in [0.2, 0.25) is 0 Å². The van der Waals surface area contributed by atoms with Crippen molar-refractivity contribution in [3.05, 3.63) is 11.6 Å². The molecule has 3 N–H and O–H groups in total. The van der Waals surface area contributed by atoms with Crippen molar-refractivity contribution in [2.75, 3.05) is 26.7 Å². The number of piperidine rings is 1. The van der Waals surface area contributed by atoms with Crippen molar-refractivity contribution >= 4 is 41.9 Å². The lowest BCUT2D eigenvalue weighted by molar-refractivity contribution is -0.125. The van der Waals surface area contributed by atoms with Crippen LogP contribution in [-0.4, -0.2) is 55.0 Å². The molecule has 2 fully saturated rings. The minimum absolute atomic E-state index is 0. The number of hydrogen-bond acceptors (Lipinski definition) is 3. The van der Waals surface area contributed by atoms with E-state index >= 15 is 0 Å². The van der Waals surface area contributed by atoms with Crippen molar-refractivity contribution in [2.45, 2.75) is 51.0 Å². The Balaban J connectivity index is 0.00000243. The molecule has 2 saturated heterocycles. The summed E-state index contributed by atoms with van der Waals surface area (Å²) in [5.41, 5.74) is 0.771. The number of carbonyl (C=O) groups is 2. The maximum absolute atomic E-state index is 12.1. The molecule has 26 heavy (non-hydrogen) atoms. The highest BCUT2D eigenvalue weighted by Gasteiger charge is 2.48. The second kappa shape index (κ2) is 9.05. The molecule has 3 amide bonds. The molecule has 0 aromatic carbocycles. The van der Waals surface area contributed by atoms with Crippen LogP contribution < -0.4 is 16.0 Å². The number of hydrogen-bond donors (Lipinski definition) is 3. The third-order valence-corrected chi connectivity index (χ3v) is 5.76. The van der Waals surface area contributed by atoms with Crippen molar-refractivity contribution in [2.24, 2.45) is 10.9 Å². The lowest BCUT2D eigenvalue weighted by Gasteiger charge is -2.39. The summed E-state index contributed by atoms with van der Waals surface area (Å²) in [6.45, 7) is 4.42. The number of urea groups is 1. The largest absolute Gasteiger partial charge is 0.356 e. The number of halogens is 1. The SMILES string of the molecule is CN=C(NCCC1=CCCC1)N1CCC(C2(C)NC(=O)NC2=O)CC1.I. The van der Waals surface area contributed by atoms with Gasteiger partial charge in [-0.1, -0.05) is 11.6 Å². The zero-order valence-electron chi connectivity index (χ0n) is 15.6. The van der Waals surface area contributed by atoms with Gasteiger partial charge in [0.1, 0.15) is 5.54 Å². The molecule has 1 atom stereocenters. The highest BCUT2D eigenvalue weighted by Crippen LogP contribution is 2.30. The van der Waals surface area contributed by atoms with Gasteiger partial charge in [0.05, 0.1) is 0 Å². The van der Waals surface area contributed by atoms with Crippen molar-refractivity contribution < 1.29 is 9.59 Å². The predicted molar refractivity (Wildman–Crippen MR) is 113 cm³/mol. The zero-order chi connectivity index (χ0) is 17.9. The molecule has 0 aromatic rings. The molecule has 0 bridgehead atoms. The quantitative estimate of drug-likeness (QED) is 0.191. The number of aliphatic imine (C=N–C) groups is 1. The van der Waals surface area contributed by atoms with Gasteiger partial charge in [0.15, 0.2) is 5.96 Å². The van der Waals surface area contributed by atoms with Crippen LogP contribution in [0, 0.1) is 5.92 Å². The van der Waals surface area contributed by atoms with Gasteiger partial charge in [0.2, 0.25) is 0 Å². The summed E-state index contributed by atoms with van der Waals surface area (Å²) in [5.74, 6) is 0.877. The van der Waals surface area contributed by atoms with Gasteiger partial charge in [-0.25, -0.2) is 4.79 Å². The molecule has 0 aromatic heterocycles. The van der Waals surface area contributed by atoms with Gasteiger partial charge < -0.3 is 15.5 Å². The Bertz CT molecular complexity index is 598. The van der Waals surface area contributed by atoms with E-state index in [0.29, 0.717) is 0 Å². The van der Waals surface area contributed by atoms with Crippen molar-refractivity contribution in [3.63, 3.8) is 0 Å². The number of imide groups is 1. The number of amides is 3. The van der Waals surface area contributed by atoms with E-state index in [-0.39, 0.29) is 41.8 Å². The molecule has 0 radical (unpaired) electrons. The average Bonchev–Trinajstić information content (AvgIpc) is 3.20. The van der Waals surface area contributed by atoms with E-state index < -0.39 is 5.54 Å². The van der Waals surface area contributed by atoms with Crippen LogP contribution in [-0.2, 0) is 4.79 Å². The van der Waals surface area contributed by atoms with Gasteiger partial charge in [-0.15, -0.1) is 24.0 Å². The van der Waals surface area contributed by atoms with Gasteiger partial charge >= 0.3 is 6.03 Å². The highest BCUT2D eigenvalue weighted by molar-refractivity contribution is 14.0. The van der Waals surface area contributed by atoms with E-state index in [1.54, 1.807) is 5.57 Å². The predicted octanol–water partition coefficient (Wildman–Crippen LogP) is 1.99. The molecule has 3 aliphatic rings. The maximum atomic E-state index is 12.1. The number of likely N-dealkylation sites (tertiary alicyclic amines) is 1. The lowest BCUT2D eigenvalue weighted by atomic mass is 9.79. The fourth-order valence-corrected chi connectivity index (χ4v) is 4.14. The van der Waals surface area contributed by atoms with Gasteiger partial charge in [-0.2, -0.15) is 0 Å². The second-order valence-electron chi connectivity index (χ2n) is 7.35. The van der Waals surface area contributed by atoms with E-state index in [4.69, 9.17) is 0 Å². The minimum Gasteiger partial charge on any atom is -0.356 e. The Morgan fingerprint density at radius 2 is 2.12 bits per heavy atom. The van der Waals surface area contributed by atoms with E-state index in [9.17, 15) is 9.59 Å².